The zero-order valence-corrected chi connectivity index (χ0v) is 16.0. The minimum absolute atomic E-state index is 0.0266. The lowest BCUT2D eigenvalue weighted by molar-refractivity contribution is 0.0634. The maximum Gasteiger partial charge on any atom is 0.420 e. The van der Waals surface area contributed by atoms with Crippen LogP contribution in [0.15, 0.2) is 33.5 Å². The van der Waals surface area contributed by atoms with Crippen molar-refractivity contribution in [2.24, 2.45) is 0 Å². The normalized spacial score (nSPS) is 24.6. The molecule has 7 heteroatoms. The van der Waals surface area contributed by atoms with E-state index in [1.54, 1.807) is 0 Å². The van der Waals surface area contributed by atoms with Crippen LogP contribution in [0, 0.1) is 0 Å². The maximum atomic E-state index is 12.3. The van der Waals surface area contributed by atoms with Crippen molar-refractivity contribution in [1.82, 2.24) is 14.4 Å². The summed E-state index contributed by atoms with van der Waals surface area (Å²) in [5.74, 6) is -0.268. The molecule has 1 aromatic carbocycles. The lowest BCUT2D eigenvalue weighted by atomic mass is 9.94. The summed E-state index contributed by atoms with van der Waals surface area (Å²) in [4.78, 5) is 28.6. The summed E-state index contributed by atoms with van der Waals surface area (Å²) in [6.45, 7) is 7.72. The van der Waals surface area contributed by atoms with E-state index in [0.717, 1.165) is 44.4 Å². The van der Waals surface area contributed by atoms with E-state index in [1.807, 2.05) is 40.7 Å². The van der Waals surface area contributed by atoms with Gasteiger partial charge in [-0.05, 0) is 45.2 Å². The number of nitrogens with zero attached hydrogens (tertiary/aromatic N) is 3. The lowest BCUT2D eigenvalue weighted by Gasteiger charge is -2.42. The highest BCUT2D eigenvalue weighted by Crippen LogP contribution is 2.34. The zero-order chi connectivity index (χ0) is 19.0. The van der Waals surface area contributed by atoms with E-state index in [0.29, 0.717) is 18.7 Å². The van der Waals surface area contributed by atoms with Gasteiger partial charge in [-0.2, -0.15) is 0 Å². The molecule has 2 fully saturated rings. The molecular formula is C20H27N3O4. The minimum atomic E-state index is -0.268. The predicted octanol–water partition coefficient (Wildman–Crippen LogP) is 2.85. The predicted molar refractivity (Wildman–Crippen MR) is 102 cm³/mol. The van der Waals surface area contributed by atoms with Crippen LogP contribution < -0.4 is 5.76 Å². The van der Waals surface area contributed by atoms with Gasteiger partial charge < -0.3 is 14.1 Å². The molecule has 2 saturated heterocycles. The summed E-state index contributed by atoms with van der Waals surface area (Å²) in [5, 5.41) is 0. The van der Waals surface area contributed by atoms with Crippen LogP contribution in [-0.2, 0) is 4.74 Å². The number of likely N-dealkylation sites (tertiary alicyclic amines) is 2. The second-order valence-corrected chi connectivity index (χ2v) is 7.79. The van der Waals surface area contributed by atoms with Gasteiger partial charge in [0, 0.05) is 37.8 Å². The number of piperidine rings is 1. The van der Waals surface area contributed by atoms with Gasteiger partial charge in [0.2, 0.25) is 0 Å². The SMILES string of the molecule is CCOC(=O)N1CCC(C)(N2CCC(n3c(=O)oc4ccccc43)CC2)C1. The standard InChI is InChI=1S/C20H27N3O4/c1-3-26-18(24)21-13-10-20(2,14-21)22-11-8-15(9-12-22)23-16-6-4-5-7-17(16)27-19(23)25/h4-7,15H,3,8-14H2,1-2H3. The molecule has 1 unspecified atom stereocenters. The molecule has 7 nitrogen and oxygen atoms in total. The zero-order valence-electron chi connectivity index (χ0n) is 16.0. The van der Waals surface area contributed by atoms with Crippen LogP contribution in [0.4, 0.5) is 4.79 Å². The molecule has 1 amide bonds. The van der Waals surface area contributed by atoms with Crippen LogP contribution in [0.1, 0.15) is 39.2 Å². The molecule has 0 radical (unpaired) electrons. The fourth-order valence-corrected chi connectivity index (χ4v) is 4.57. The van der Waals surface area contributed by atoms with E-state index < -0.39 is 0 Å². The summed E-state index contributed by atoms with van der Waals surface area (Å²) >= 11 is 0. The second kappa shape index (κ2) is 7.03. The van der Waals surface area contributed by atoms with Crippen LogP contribution in [-0.4, -0.2) is 58.8 Å². The first-order chi connectivity index (χ1) is 13.0. The Hall–Kier alpha value is -2.28. The van der Waals surface area contributed by atoms with Gasteiger partial charge >= 0.3 is 11.8 Å². The maximum absolute atomic E-state index is 12.3. The number of hydrogen-bond donors (Lipinski definition) is 0. The third-order valence-electron chi connectivity index (χ3n) is 6.09. The average Bonchev–Trinajstić information content (AvgIpc) is 3.23. The number of para-hydroxylation sites is 2. The van der Waals surface area contributed by atoms with E-state index in [2.05, 4.69) is 11.8 Å². The van der Waals surface area contributed by atoms with Gasteiger partial charge in [-0.3, -0.25) is 9.47 Å². The van der Waals surface area contributed by atoms with E-state index in [-0.39, 0.29) is 23.4 Å². The van der Waals surface area contributed by atoms with Crippen molar-refractivity contribution in [2.75, 3.05) is 32.8 Å². The summed E-state index contributed by atoms with van der Waals surface area (Å²) in [6, 6.07) is 7.76. The third kappa shape index (κ3) is 3.25. The highest BCUT2D eigenvalue weighted by molar-refractivity contribution is 5.72. The number of rotatable bonds is 3. The van der Waals surface area contributed by atoms with E-state index in [1.165, 1.54) is 0 Å². The Morgan fingerprint density at radius 2 is 2.00 bits per heavy atom. The number of hydrogen-bond acceptors (Lipinski definition) is 5. The van der Waals surface area contributed by atoms with Crippen molar-refractivity contribution >= 4 is 17.2 Å². The van der Waals surface area contributed by atoms with Gasteiger partial charge in [-0.1, -0.05) is 12.1 Å². The van der Waals surface area contributed by atoms with Crippen molar-refractivity contribution in [1.29, 1.82) is 0 Å². The summed E-state index contributed by atoms with van der Waals surface area (Å²) in [7, 11) is 0. The minimum Gasteiger partial charge on any atom is -0.450 e. The number of benzene rings is 1. The fraction of sp³-hybridized carbons (Fsp3) is 0.600. The number of carbonyl (C=O) groups excluding carboxylic acids is 1. The van der Waals surface area contributed by atoms with Gasteiger partial charge in [0.1, 0.15) is 0 Å². The van der Waals surface area contributed by atoms with Gasteiger partial charge in [0.25, 0.3) is 0 Å². The first kappa shape index (κ1) is 18.1. The largest absolute Gasteiger partial charge is 0.450 e. The summed E-state index contributed by atoms with van der Waals surface area (Å²) in [5.41, 5.74) is 1.50. The Morgan fingerprint density at radius 1 is 1.26 bits per heavy atom. The van der Waals surface area contributed by atoms with Crippen molar-refractivity contribution in [3.05, 3.63) is 34.8 Å². The molecule has 1 aromatic heterocycles. The molecule has 0 saturated carbocycles. The number of fused-ring (bicyclic) bond motifs is 1. The fourth-order valence-electron chi connectivity index (χ4n) is 4.57. The molecule has 1 atom stereocenters. The molecule has 0 aliphatic carbocycles. The van der Waals surface area contributed by atoms with Gasteiger partial charge in [0.05, 0.1) is 12.1 Å². The monoisotopic (exact) mass is 373 g/mol. The molecule has 3 heterocycles. The molecule has 2 aromatic rings. The molecular weight excluding hydrogens is 346 g/mol. The van der Waals surface area contributed by atoms with Crippen LogP contribution in [0.25, 0.3) is 11.1 Å². The van der Waals surface area contributed by atoms with Crippen LogP contribution in [0.5, 0.6) is 0 Å². The third-order valence-corrected chi connectivity index (χ3v) is 6.09. The Bertz CT molecular complexity index is 881. The smallest absolute Gasteiger partial charge is 0.420 e. The number of ether oxygens (including phenoxy) is 1. The molecule has 2 aliphatic rings. The van der Waals surface area contributed by atoms with Gasteiger partial charge in [-0.25, -0.2) is 9.59 Å². The summed E-state index contributed by atoms with van der Waals surface area (Å²) < 4.78 is 12.4. The molecule has 0 bridgehead atoms. The van der Waals surface area contributed by atoms with Crippen molar-refractivity contribution in [3.63, 3.8) is 0 Å². The molecule has 0 spiro atoms. The van der Waals surface area contributed by atoms with E-state index in [9.17, 15) is 9.59 Å². The highest BCUT2D eigenvalue weighted by atomic mass is 16.6. The first-order valence-electron chi connectivity index (χ1n) is 9.78. The van der Waals surface area contributed by atoms with Crippen LogP contribution >= 0.6 is 0 Å². The molecule has 27 heavy (non-hydrogen) atoms. The van der Waals surface area contributed by atoms with Gasteiger partial charge in [-0.15, -0.1) is 0 Å². The molecule has 2 aliphatic heterocycles. The Balaban J connectivity index is 1.44. The van der Waals surface area contributed by atoms with Gasteiger partial charge in [0.15, 0.2) is 5.58 Å². The summed E-state index contributed by atoms with van der Waals surface area (Å²) in [6.07, 6.45) is 2.54. The molecule has 146 valence electrons. The van der Waals surface area contributed by atoms with Crippen molar-refractivity contribution in [3.8, 4) is 0 Å². The quantitative estimate of drug-likeness (QED) is 0.828. The Kier molecular flexibility index (Phi) is 4.72. The first-order valence-corrected chi connectivity index (χ1v) is 9.78. The number of amides is 1. The molecule has 0 N–H and O–H groups in total. The topological polar surface area (TPSA) is 67.9 Å². The van der Waals surface area contributed by atoms with Crippen LogP contribution in [0.2, 0.25) is 0 Å². The van der Waals surface area contributed by atoms with E-state index in [4.69, 9.17) is 9.15 Å². The number of aromatic nitrogens is 1. The van der Waals surface area contributed by atoms with E-state index >= 15 is 0 Å². The Morgan fingerprint density at radius 3 is 2.74 bits per heavy atom. The lowest BCUT2D eigenvalue weighted by Crippen LogP contribution is -2.52. The number of carbonyl (C=O) groups is 1. The second-order valence-electron chi connectivity index (χ2n) is 7.79. The number of oxazole rings is 1. The average molecular weight is 373 g/mol. The Labute approximate surface area is 158 Å². The van der Waals surface area contributed by atoms with Crippen molar-refractivity contribution < 1.29 is 13.9 Å². The molecule has 4 rings (SSSR count). The van der Waals surface area contributed by atoms with Crippen LogP contribution in [0.3, 0.4) is 0 Å². The highest BCUT2D eigenvalue weighted by Gasteiger charge is 2.42. The van der Waals surface area contributed by atoms with Crippen molar-refractivity contribution in [2.45, 2.75) is 44.7 Å².